The van der Waals surface area contributed by atoms with Gasteiger partial charge in [0.2, 0.25) is 5.95 Å². The van der Waals surface area contributed by atoms with Crippen LogP contribution in [0.25, 0.3) is 11.3 Å². The van der Waals surface area contributed by atoms with Crippen LogP contribution in [0.1, 0.15) is 45.7 Å². The van der Waals surface area contributed by atoms with Crippen molar-refractivity contribution in [3.8, 4) is 5.69 Å². The zero-order valence-corrected chi connectivity index (χ0v) is 23.6. The van der Waals surface area contributed by atoms with E-state index in [1.807, 2.05) is 25.8 Å². The molecule has 2 aliphatic rings. The van der Waals surface area contributed by atoms with Crippen LogP contribution in [0.4, 0.5) is 29.2 Å². The van der Waals surface area contributed by atoms with Gasteiger partial charge in [0.15, 0.2) is 6.29 Å². The first kappa shape index (κ1) is 29.9. The monoisotopic (exact) mass is 599 g/mol. The zero-order valence-electron chi connectivity index (χ0n) is 23.6. The Labute approximate surface area is 244 Å². The van der Waals surface area contributed by atoms with Gasteiger partial charge in [0.05, 0.1) is 28.1 Å². The number of nitrogens with two attached hydrogens (primary N) is 1. The van der Waals surface area contributed by atoms with Gasteiger partial charge < -0.3 is 15.5 Å². The first-order valence-electron chi connectivity index (χ1n) is 13.4. The first-order valence-corrected chi connectivity index (χ1v) is 13.4. The molecule has 1 aromatic carbocycles. The molecule has 2 aliphatic heterocycles. The van der Waals surface area contributed by atoms with Crippen LogP contribution in [-0.4, -0.2) is 76.9 Å². The number of halogens is 4. The summed E-state index contributed by atoms with van der Waals surface area (Å²) in [6.45, 7) is 5.40. The second-order valence-corrected chi connectivity index (χ2v) is 10.8. The quantitative estimate of drug-likeness (QED) is 0.339. The second-order valence-electron chi connectivity index (χ2n) is 10.8. The van der Waals surface area contributed by atoms with Crippen LogP contribution in [-0.2, 0) is 6.18 Å². The molecule has 226 valence electrons. The van der Waals surface area contributed by atoms with E-state index in [9.17, 15) is 27.6 Å². The van der Waals surface area contributed by atoms with E-state index in [1.165, 1.54) is 24.5 Å². The molecule has 10 nitrogen and oxygen atoms in total. The molecular weight excluding hydrogens is 570 g/mol. The fourth-order valence-corrected chi connectivity index (χ4v) is 5.45. The third-order valence-electron chi connectivity index (χ3n) is 7.99. The van der Waals surface area contributed by atoms with Gasteiger partial charge in [-0.05, 0) is 38.6 Å². The van der Waals surface area contributed by atoms with Crippen LogP contribution in [0, 0.1) is 5.82 Å². The van der Waals surface area contributed by atoms with Gasteiger partial charge in [0.25, 0.3) is 11.5 Å². The van der Waals surface area contributed by atoms with E-state index < -0.39 is 34.6 Å². The molecule has 1 saturated heterocycles. The van der Waals surface area contributed by atoms with Crippen molar-refractivity contribution in [2.45, 2.75) is 32.1 Å². The summed E-state index contributed by atoms with van der Waals surface area (Å²) in [4.78, 5) is 50.4. The number of amides is 1. The summed E-state index contributed by atoms with van der Waals surface area (Å²) in [6, 6.07) is 3.09. The summed E-state index contributed by atoms with van der Waals surface area (Å²) in [5.41, 5.74) is 3.26. The number of hydrogen-bond donors (Lipinski definition) is 1. The highest BCUT2D eigenvalue weighted by Gasteiger charge is 2.37. The van der Waals surface area contributed by atoms with Gasteiger partial charge in [-0.3, -0.25) is 23.9 Å². The Morgan fingerprint density at radius 3 is 2.28 bits per heavy atom. The van der Waals surface area contributed by atoms with Crippen LogP contribution in [0.3, 0.4) is 0 Å². The summed E-state index contributed by atoms with van der Waals surface area (Å²) < 4.78 is 57.9. The lowest BCUT2D eigenvalue weighted by Gasteiger charge is -2.44. The first-order chi connectivity index (χ1) is 20.3. The average molecular weight is 600 g/mol. The molecule has 0 unspecified atom stereocenters. The molecule has 43 heavy (non-hydrogen) atoms. The van der Waals surface area contributed by atoms with Gasteiger partial charge in [-0.1, -0.05) is 6.08 Å². The standard InChI is InChI=1S/C29H29F4N7O3/c1-16-11-39(12-17(2)37(16)3)24-8-23(30)20(19-4-5-38(13-19)28-35-9-18(15-41)10-36-28)6-25(24)40-14-21(27(34)43)22(7-26(40)42)29(31,32)33/h4,6-10,14-17H,5,11-13H2,1-3H3,(H2,34,43)/t16-,17+. The number of pyridine rings is 1. The van der Waals surface area contributed by atoms with Crippen molar-refractivity contribution < 1.29 is 27.2 Å². The van der Waals surface area contributed by atoms with E-state index in [0.29, 0.717) is 49.1 Å². The smallest absolute Gasteiger partial charge is 0.367 e. The lowest BCUT2D eigenvalue weighted by atomic mass is 10.0. The molecule has 14 heteroatoms. The maximum absolute atomic E-state index is 15.9. The molecule has 0 bridgehead atoms. The van der Waals surface area contributed by atoms with Gasteiger partial charge in [0.1, 0.15) is 5.82 Å². The number of carbonyl (C=O) groups is 2. The number of rotatable bonds is 6. The number of piperazine rings is 1. The highest BCUT2D eigenvalue weighted by atomic mass is 19.4. The summed E-state index contributed by atoms with van der Waals surface area (Å²) >= 11 is 0. The lowest BCUT2D eigenvalue weighted by molar-refractivity contribution is -0.138. The molecule has 0 spiro atoms. The number of aldehydes is 1. The average Bonchev–Trinajstić information content (AvgIpc) is 3.45. The van der Waals surface area contributed by atoms with E-state index in [2.05, 4.69) is 14.9 Å². The Kier molecular flexibility index (Phi) is 7.82. The minimum atomic E-state index is -4.99. The molecule has 2 aromatic heterocycles. The van der Waals surface area contributed by atoms with Gasteiger partial charge in [-0.2, -0.15) is 13.2 Å². The number of alkyl halides is 3. The van der Waals surface area contributed by atoms with Gasteiger partial charge in [0, 0.05) is 68.5 Å². The fourth-order valence-electron chi connectivity index (χ4n) is 5.45. The fraction of sp³-hybridized carbons (Fsp3) is 0.345. The number of anilines is 2. The van der Waals surface area contributed by atoms with Crippen LogP contribution in [0.5, 0.6) is 0 Å². The minimum absolute atomic E-state index is 0.0431. The van der Waals surface area contributed by atoms with E-state index >= 15 is 4.39 Å². The molecule has 0 aliphatic carbocycles. The highest BCUT2D eigenvalue weighted by molar-refractivity contribution is 5.94. The predicted octanol–water partition coefficient (Wildman–Crippen LogP) is 3.13. The Hall–Kier alpha value is -4.59. The van der Waals surface area contributed by atoms with Crippen molar-refractivity contribution in [3.63, 3.8) is 0 Å². The van der Waals surface area contributed by atoms with Gasteiger partial charge in [-0.15, -0.1) is 0 Å². The molecular formula is C29H29F4N7O3. The normalized spacial score (nSPS) is 19.5. The van der Waals surface area contributed by atoms with Crippen LogP contribution in [0.2, 0.25) is 0 Å². The molecule has 5 rings (SSSR count). The van der Waals surface area contributed by atoms with Gasteiger partial charge >= 0.3 is 6.18 Å². The topological polar surface area (TPSA) is 118 Å². The van der Waals surface area contributed by atoms with Crippen molar-refractivity contribution in [2.75, 3.05) is 43.0 Å². The van der Waals surface area contributed by atoms with E-state index in [-0.39, 0.29) is 35.6 Å². The summed E-state index contributed by atoms with van der Waals surface area (Å²) in [5.74, 6) is -1.64. The third kappa shape index (κ3) is 5.74. The second kappa shape index (κ2) is 11.2. The number of primary amides is 1. The van der Waals surface area contributed by atoms with Gasteiger partial charge in [-0.25, -0.2) is 14.4 Å². The maximum Gasteiger partial charge on any atom is 0.417 e. The van der Waals surface area contributed by atoms with E-state index in [4.69, 9.17) is 5.73 Å². The Morgan fingerprint density at radius 1 is 1.05 bits per heavy atom. The molecule has 2 N–H and O–H groups in total. The Morgan fingerprint density at radius 2 is 1.70 bits per heavy atom. The summed E-state index contributed by atoms with van der Waals surface area (Å²) in [5, 5.41) is 0. The summed E-state index contributed by atoms with van der Waals surface area (Å²) in [7, 11) is 1.96. The highest BCUT2D eigenvalue weighted by Crippen LogP contribution is 2.36. The molecule has 0 saturated carbocycles. The predicted molar refractivity (Wildman–Crippen MR) is 152 cm³/mol. The van der Waals surface area contributed by atoms with E-state index in [1.54, 1.807) is 11.0 Å². The van der Waals surface area contributed by atoms with Crippen molar-refractivity contribution in [1.29, 1.82) is 0 Å². The Bertz CT molecular complexity index is 1660. The van der Waals surface area contributed by atoms with Crippen LogP contribution in [0.15, 0.2) is 47.7 Å². The number of benzene rings is 1. The number of aromatic nitrogens is 3. The number of nitrogens with zero attached hydrogens (tertiary/aromatic N) is 6. The molecule has 1 amide bonds. The Balaban J connectivity index is 1.63. The largest absolute Gasteiger partial charge is 0.417 e. The zero-order chi connectivity index (χ0) is 31.2. The van der Waals surface area contributed by atoms with Crippen molar-refractivity contribution in [2.24, 2.45) is 5.73 Å². The molecule has 2 atom stereocenters. The van der Waals surface area contributed by atoms with Crippen LogP contribution >= 0.6 is 0 Å². The van der Waals surface area contributed by atoms with E-state index in [0.717, 1.165) is 10.8 Å². The van der Waals surface area contributed by atoms with Crippen LogP contribution < -0.4 is 21.1 Å². The molecule has 0 radical (unpaired) electrons. The minimum Gasteiger partial charge on any atom is -0.367 e. The molecule has 1 fully saturated rings. The SMILES string of the molecule is C[C@@H]1CN(c2cc(F)c(C3=CCN(c4ncc(C=O)cn4)C3)cc2-n2cc(C(N)=O)c(C(F)(F)F)cc2=O)C[C@H](C)N1C. The number of likely N-dealkylation sites (N-methyl/N-ethyl adjacent to an activating group) is 1. The third-order valence-corrected chi connectivity index (χ3v) is 7.99. The molecule has 4 heterocycles. The number of hydrogen-bond acceptors (Lipinski definition) is 8. The maximum atomic E-state index is 15.9. The van der Waals surface area contributed by atoms with Crippen molar-refractivity contribution in [1.82, 2.24) is 19.4 Å². The summed E-state index contributed by atoms with van der Waals surface area (Å²) in [6.07, 6.45) is 0.882. The lowest BCUT2D eigenvalue weighted by Crippen LogP contribution is -2.55. The van der Waals surface area contributed by atoms with Crippen molar-refractivity contribution in [3.05, 3.63) is 81.3 Å². The number of carbonyl (C=O) groups excluding carboxylic acids is 2. The molecule has 3 aromatic rings. The van der Waals surface area contributed by atoms with Crippen molar-refractivity contribution >= 4 is 29.4 Å².